The number of likely N-dealkylation sites (tertiary alicyclic amines) is 1. The van der Waals surface area contributed by atoms with Crippen LogP contribution in [0.3, 0.4) is 0 Å². The number of methoxy groups -OCH3 is 1. The summed E-state index contributed by atoms with van der Waals surface area (Å²) >= 11 is 0. The number of piperidine rings is 1. The number of hydrogen-bond acceptors (Lipinski definition) is 7. The van der Waals surface area contributed by atoms with Crippen LogP contribution < -0.4 is 20.3 Å². The molecule has 0 atom stereocenters. The third-order valence-corrected chi connectivity index (χ3v) is 8.04. The summed E-state index contributed by atoms with van der Waals surface area (Å²) < 4.78 is 46.8. The predicted molar refractivity (Wildman–Crippen MR) is 159 cm³/mol. The Bertz CT molecular complexity index is 1750. The molecule has 0 bridgehead atoms. The van der Waals surface area contributed by atoms with Crippen LogP contribution in [0.15, 0.2) is 60.9 Å². The van der Waals surface area contributed by atoms with Gasteiger partial charge in [0.25, 0.3) is 5.91 Å². The van der Waals surface area contributed by atoms with Crippen LogP contribution in [0.25, 0.3) is 10.9 Å². The Labute approximate surface area is 256 Å². The van der Waals surface area contributed by atoms with Crippen molar-refractivity contribution in [3.8, 4) is 5.75 Å². The first kappa shape index (κ1) is 30.1. The molecule has 0 saturated carbocycles. The Balaban J connectivity index is 1.08. The molecule has 234 valence electrons. The number of aromatic nitrogens is 3. The zero-order chi connectivity index (χ0) is 31.7. The van der Waals surface area contributed by atoms with Gasteiger partial charge in [-0.05, 0) is 49.2 Å². The van der Waals surface area contributed by atoms with Gasteiger partial charge >= 0.3 is 12.2 Å². The van der Waals surface area contributed by atoms with E-state index in [0.717, 1.165) is 49.1 Å². The molecule has 4 aromatic rings. The van der Waals surface area contributed by atoms with E-state index < -0.39 is 23.7 Å². The molecule has 2 aliphatic heterocycles. The van der Waals surface area contributed by atoms with E-state index in [1.165, 1.54) is 24.1 Å². The molecule has 2 aliphatic rings. The molecule has 4 amide bonds. The standard InChI is InChI=1S/C31H30F3N7O4/c1-45-27-15-25-20(14-26(27)36-29(43)19-3-2-4-21(13-19)31(32,33)34)17-41(38-25)23-7-10-39(11-8-23)18-22-5-6-24(16-35-22)40-12-9-28(42)37-30(40)44/h2-6,13-17,23H,7-12,18H2,1H3,(H,36,43)(H,37,42,44). The minimum absolute atomic E-state index is 0.118. The second kappa shape index (κ2) is 12.2. The van der Waals surface area contributed by atoms with Gasteiger partial charge in [-0.1, -0.05) is 6.07 Å². The summed E-state index contributed by atoms with van der Waals surface area (Å²) in [6.45, 7) is 2.63. The fourth-order valence-corrected chi connectivity index (χ4v) is 5.61. The Morgan fingerprint density at radius 1 is 1.09 bits per heavy atom. The molecular formula is C31H30F3N7O4. The molecular weight excluding hydrogens is 591 g/mol. The highest BCUT2D eigenvalue weighted by Crippen LogP contribution is 2.33. The van der Waals surface area contributed by atoms with Crippen LogP contribution >= 0.6 is 0 Å². The number of imide groups is 1. The largest absolute Gasteiger partial charge is 0.494 e. The first-order valence-corrected chi connectivity index (χ1v) is 14.4. The molecule has 45 heavy (non-hydrogen) atoms. The van der Waals surface area contributed by atoms with Crippen molar-refractivity contribution in [3.63, 3.8) is 0 Å². The molecule has 4 heterocycles. The Morgan fingerprint density at radius 2 is 1.89 bits per heavy atom. The van der Waals surface area contributed by atoms with Crippen molar-refractivity contribution in [2.75, 3.05) is 37.0 Å². The van der Waals surface area contributed by atoms with E-state index in [-0.39, 0.29) is 23.9 Å². The number of nitrogens with one attached hydrogen (secondary N) is 2. The lowest BCUT2D eigenvalue weighted by atomic mass is 10.1. The van der Waals surface area contributed by atoms with E-state index in [2.05, 4.69) is 20.5 Å². The number of benzene rings is 2. The number of fused-ring (bicyclic) bond motifs is 1. The zero-order valence-electron chi connectivity index (χ0n) is 24.3. The summed E-state index contributed by atoms with van der Waals surface area (Å²) in [4.78, 5) is 44.7. The summed E-state index contributed by atoms with van der Waals surface area (Å²) in [6, 6.07) is 11.1. The van der Waals surface area contributed by atoms with Gasteiger partial charge in [-0.15, -0.1) is 0 Å². The van der Waals surface area contributed by atoms with Gasteiger partial charge in [0, 0.05) is 55.8 Å². The van der Waals surface area contributed by atoms with Crippen LogP contribution in [-0.4, -0.2) is 64.3 Å². The van der Waals surface area contributed by atoms with Crippen molar-refractivity contribution >= 4 is 40.1 Å². The van der Waals surface area contributed by atoms with Crippen LogP contribution in [0, 0.1) is 0 Å². The molecule has 2 fully saturated rings. The molecule has 2 N–H and O–H groups in total. The Hall–Kier alpha value is -4.98. The second-order valence-electron chi connectivity index (χ2n) is 11.0. The average molecular weight is 622 g/mol. The van der Waals surface area contributed by atoms with Gasteiger partial charge in [0.2, 0.25) is 5.91 Å². The lowest BCUT2D eigenvalue weighted by molar-refractivity contribution is -0.137. The van der Waals surface area contributed by atoms with Gasteiger partial charge in [-0.3, -0.25) is 34.4 Å². The lowest BCUT2D eigenvalue weighted by Crippen LogP contribution is -2.49. The molecule has 11 nitrogen and oxygen atoms in total. The summed E-state index contributed by atoms with van der Waals surface area (Å²) in [5.74, 6) is -0.621. The highest BCUT2D eigenvalue weighted by Gasteiger charge is 2.31. The minimum Gasteiger partial charge on any atom is -0.494 e. The van der Waals surface area contributed by atoms with Crippen LogP contribution in [0.4, 0.5) is 29.3 Å². The molecule has 0 aliphatic carbocycles. The van der Waals surface area contributed by atoms with Gasteiger partial charge in [-0.2, -0.15) is 18.3 Å². The first-order chi connectivity index (χ1) is 21.6. The topological polar surface area (TPSA) is 122 Å². The fraction of sp³-hybridized carbons (Fsp3) is 0.323. The van der Waals surface area contributed by atoms with Crippen molar-refractivity contribution < 1.29 is 32.3 Å². The molecule has 0 radical (unpaired) electrons. The third kappa shape index (κ3) is 6.60. The van der Waals surface area contributed by atoms with Gasteiger partial charge in [0.1, 0.15) is 5.75 Å². The summed E-state index contributed by atoms with van der Waals surface area (Å²) in [5, 5.41) is 10.5. The molecule has 6 rings (SSSR count). The second-order valence-corrected chi connectivity index (χ2v) is 11.0. The number of amides is 4. The van der Waals surface area contributed by atoms with E-state index in [9.17, 15) is 27.6 Å². The first-order valence-electron chi connectivity index (χ1n) is 14.4. The number of pyridine rings is 1. The van der Waals surface area contributed by atoms with Crippen LogP contribution in [0.5, 0.6) is 5.75 Å². The lowest BCUT2D eigenvalue weighted by Gasteiger charge is -2.32. The molecule has 2 saturated heterocycles. The molecule has 0 unspecified atom stereocenters. The quantitative estimate of drug-likeness (QED) is 0.298. The fourth-order valence-electron chi connectivity index (χ4n) is 5.61. The van der Waals surface area contributed by atoms with Crippen molar-refractivity contribution in [1.82, 2.24) is 25.0 Å². The number of ether oxygens (including phenoxy) is 1. The smallest absolute Gasteiger partial charge is 0.416 e. The van der Waals surface area contributed by atoms with Crippen LogP contribution in [0.2, 0.25) is 0 Å². The molecule has 2 aromatic heterocycles. The van der Waals surface area contributed by atoms with Crippen LogP contribution in [0.1, 0.15) is 46.9 Å². The summed E-state index contributed by atoms with van der Waals surface area (Å²) in [6.07, 6.45) is 0.951. The number of anilines is 2. The van der Waals surface area contributed by atoms with Gasteiger partial charge < -0.3 is 10.1 Å². The van der Waals surface area contributed by atoms with E-state index in [4.69, 9.17) is 9.84 Å². The number of carbonyl (C=O) groups is 3. The number of carbonyl (C=O) groups excluding carboxylic acids is 3. The van der Waals surface area contributed by atoms with Gasteiger partial charge in [-0.25, -0.2) is 4.79 Å². The van der Waals surface area contributed by atoms with Gasteiger partial charge in [0.05, 0.1) is 47.5 Å². The Kier molecular flexibility index (Phi) is 8.14. The number of urea groups is 1. The number of hydrogen-bond donors (Lipinski definition) is 2. The van der Waals surface area contributed by atoms with Crippen LogP contribution in [-0.2, 0) is 17.5 Å². The van der Waals surface area contributed by atoms with E-state index in [1.807, 2.05) is 23.0 Å². The summed E-state index contributed by atoms with van der Waals surface area (Å²) in [7, 11) is 1.45. The van der Waals surface area contributed by atoms with Crippen molar-refractivity contribution in [3.05, 3.63) is 77.7 Å². The SMILES string of the molecule is COc1cc2nn(C3CCN(Cc4ccc(N5CCC(=O)NC5=O)cn4)CC3)cc2cc1NC(=O)c1cccc(C(F)(F)F)c1. The number of alkyl halides is 3. The Morgan fingerprint density at radius 3 is 2.58 bits per heavy atom. The van der Waals surface area contributed by atoms with E-state index >= 15 is 0 Å². The predicted octanol–water partition coefficient (Wildman–Crippen LogP) is 4.99. The molecule has 14 heteroatoms. The van der Waals surface area contributed by atoms with Crippen molar-refractivity contribution in [2.45, 2.75) is 38.0 Å². The summed E-state index contributed by atoms with van der Waals surface area (Å²) in [5.41, 5.74) is 1.50. The van der Waals surface area contributed by atoms with Gasteiger partial charge in [0.15, 0.2) is 0 Å². The monoisotopic (exact) mass is 621 g/mol. The number of rotatable bonds is 7. The number of halogens is 3. The van der Waals surface area contributed by atoms with Crippen molar-refractivity contribution in [2.24, 2.45) is 0 Å². The highest BCUT2D eigenvalue weighted by atomic mass is 19.4. The average Bonchev–Trinajstić information content (AvgIpc) is 3.44. The molecule has 2 aromatic carbocycles. The van der Waals surface area contributed by atoms with Crippen molar-refractivity contribution in [1.29, 1.82) is 0 Å². The molecule has 0 spiro atoms. The van der Waals surface area contributed by atoms with E-state index in [0.29, 0.717) is 35.7 Å². The normalized spacial score (nSPS) is 16.6. The maximum absolute atomic E-state index is 13.1. The minimum atomic E-state index is -4.56. The third-order valence-electron chi connectivity index (χ3n) is 8.04. The maximum Gasteiger partial charge on any atom is 0.416 e. The highest BCUT2D eigenvalue weighted by molar-refractivity contribution is 6.06. The van der Waals surface area contributed by atoms with E-state index in [1.54, 1.807) is 18.3 Å². The zero-order valence-corrected chi connectivity index (χ0v) is 24.3. The maximum atomic E-state index is 13.1. The number of nitrogens with zero attached hydrogens (tertiary/aromatic N) is 5.